The van der Waals surface area contributed by atoms with Crippen LogP contribution in [0.15, 0.2) is 30.9 Å². The third-order valence-electron chi connectivity index (χ3n) is 4.14. The summed E-state index contributed by atoms with van der Waals surface area (Å²) in [5, 5.41) is 11.8. The Kier molecular flexibility index (Phi) is 4.71. The first-order valence-electron chi connectivity index (χ1n) is 7.86. The summed E-state index contributed by atoms with van der Waals surface area (Å²) in [6, 6.07) is 4.80. The quantitative estimate of drug-likeness (QED) is 0.766. The van der Waals surface area contributed by atoms with Gasteiger partial charge in [0.05, 0.1) is 18.6 Å². The molecule has 0 saturated carbocycles. The maximum Gasteiger partial charge on any atom is 0.227 e. The molecule has 0 bridgehead atoms. The lowest BCUT2D eigenvalue weighted by Crippen LogP contribution is -2.40. The van der Waals surface area contributed by atoms with Gasteiger partial charge in [-0.15, -0.1) is 6.58 Å². The highest BCUT2D eigenvalue weighted by Crippen LogP contribution is 2.35. The predicted octanol–water partition coefficient (Wildman–Crippen LogP) is 0.474. The number of nitrogens with zero attached hydrogens (tertiary/aromatic N) is 1. The highest BCUT2D eigenvalue weighted by atomic mass is 16.6. The molecule has 2 heterocycles. The average Bonchev–Trinajstić information content (AvgIpc) is 3.01. The number of benzene rings is 1. The molecule has 7 nitrogen and oxygen atoms in total. The second-order valence-electron chi connectivity index (χ2n) is 5.77. The van der Waals surface area contributed by atoms with Crippen molar-refractivity contribution in [3.63, 3.8) is 0 Å². The van der Waals surface area contributed by atoms with Crippen LogP contribution >= 0.6 is 0 Å². The fourth-order valence-corrected chi connectivity index (χ4v) is 2.81. The van der Waals surface area contributed by atoms with Gasteiger partial charge in [0.1, 0.15) is 13.2 Å². The highest BCUT2D eigenvalue weighted by molar-refractivity contribution is 6.00. The third-order valence-corrected chi connectivity index (χ3v) is 4.14. The van der Waals surface area contributed by atoms with Crippen molar-refractivity contribution in [1.29, 1.82) is 0 Å². The molecule has 0 aromatic heterocycles. The zero-order valence-corrected chi connectivity index (χ0v) is 13.2. The lowest BCUT2D eigenvalue weighted by molar-refractivity contribution is -0.126. The molecule has 3 rings (SSSR count). The van der Waals surface area contributed by atoms with Gasteiger partial charge in [-0.3, -0.25) is 9.59 Å². The summed E-state index contributed by atoms with van der Waals surface area (Å²) in [6.45, 7) is 4.60. The van der Waals surface area contributed by atoms with Gasteiger partial charge in [0.25, 0.3) is 0 Å². The first kappa shape index (κ1) is 16.3. The molecule has 0 radical (unpaired) electrons. The molecular formula is C17H20N2O5. The van der Waals surface area contributed by atoms with Crippen molar-refractivity contribution in [2.24, 2.45) is 5.92 Å². The first-order chi connectivity index (χ1) is 11.6. The van der Waals surface area contributed by atoms with E-state index >= 15 is 0 Å². The van der Waals surface area contributed by atoms with Crippen molar-refractivity contribution in [1.82, 2.24) is 5.32 Å². The van der Waals surface area contributed by atoms with Crippen molar-refractivity contribution < 1.29 is 24.2 Å². The van der Waals surface area contributed by atoms with Crippen molar-refractivity contribution in [3.8, 4) is 11.5 Å². The van der Waals surface area contributed by atoms with Gasteiger partial charge in [0, 0.05) is 24.7 Å². The minimum absolute atomic E-state index is 0.119. The number of carbonyl (C=O) groups is 2. The van der Waals surface area contributed by atoms with Crippen LogP contribution in [0, 0.1) is 5.92 Å². The number of rotatable bonds is 5. The molecule has 0 unspecified atom stereocenters. The maximum atomic E-state index is 12.3. The normalized spacial score (nSPS) is 20.6. The summed E-state index contributed by atoms with van der Waals surface area (Å²) in [5.74, 6) is 0.419. The van der Waals surface area contributed by atoms with Gasteiger partial charge < -0.3 is 24.8 Å². The molecule has 24 heavy (non-hydrogen) atoms. The molecule has 1 aromatic carbocycles. The summed E-state index contributed by atoms with van der Waals surface area (Å²) in [5.41, 5.74) is 0.682. The minimum atomic E-state index is -0.504. The molecule has 1 saturated heterocycles. The second-order valence-corrected chi connectivity index (χ2v) is 5.77. The van der Waals surface area contributed by atoms with Crippen molar-refractivity contribution in [2.45, 2.75) is 12.5 Å². The minimum Gasteiger partial charge on any atom is -0.486 e. The number of ether oxygens (including phenoxy) is 2. The predicted molar refractivity (Wildman–Crippen MR) is 87.1 cm³/mol. The molecule has 1 fully saturated rings. The van der Waals surface area contributed by atoms with E-state index in [1.807, 2.05) is 0 Å². The Hall–Kier alpha value is -2.54. The van der Waals surface area contributed by atoms with E-state index in [2.05, 4.69) is 11.9 Å². The van der Waals surface area contributed by atoms with Crippen LogP contribution in [0.3, 0.4) is 0 Å². The van der Waals surface area contributed by atoms with E-state index in [9.17, 15) is 9.59 Å². The smallest absolute Gasteiger partial charge is 0.227 e. The van der Waals surface area contributed by atoms with Gasteiger partial charge >= 0.3 is 0 Å². The van der Waals surface area contributed by atoms with Crippen LogP contribution < -0.4 is 19.7 Å². The maximum absolute atomic E-state index is 12.3. The van der Waals surface area contributed by atoms with Gasteiger partial charge in [-0.1, -0.05) is 6.08 Å². The van der Waals surface area contributed by atoms with Crippen LogP contribution in [0.2, 0.25) is 0 Å². The number of aliphatic hydroxyl groups excluding tert-OH is 1. The summed E-state index contributed by atoms with van der Waals surface area (Å²) in [7, 11) is 0. The molecule has 2 amide bonds. The van der Waals surface area contributed by atoms with Gasteiger partial charge in [0.15, 0.2) is 11.5 Å². The molecule has 2 atom stereocenters. The second kappa shape index (κ2) is 6.92. The lowest BCUT2D eigenvalue weighted by Gasteiger charge is -2.22. The fourth-order valence-electron chi connectivity index (χ4n) is 2.81. The number of hydrogen-bond acceptors (Lipinski definition) is 5. The van der Waals surface area contributed by atoms with E-state index in [0.29, 0.717) is 36.9 Å². The summed E-state index contributed by atoms with van der Waals surface area (Å²) >= 11 is 0. The van der Waals surface area contributed by atoms with E-state index in [0.717, 1.165) is 0 Å². The molecule has 2 N–H and O–H groups in total. The largest absolute Gasteiger partial charge is 0.486 e. The summed E-state index contributed by atoms with van der Waals surface area (Å²) in [4.78, 5) is 26.1. The van der Waals surface area contributed by atoms with E-state index in [1.54, 1.807) is 23.1 Å². The Morgan fingerprint density at radius 1 is 1.42 bits per heavy atom. The van der Waals surface area contributed by atoms with Crippen molar-refractivity contribution in [3.05, 3.63) is 30.9 Å². The third kappa shape index (κ3) is 3.21. The Morgan fingerprint density at radius 3 is 2.88 bits per heavy atom. The standard InChI is InChI=1S/C17H20N2O5/c1-2-12(10-20)18-17(22)11-7-16(21)19(9-11)13-3-4-14-15(8-13)24-6-5-23-14/h2-4,8,11-12,20H,1,5-7,9-10H2,(H,18,22)/t11-,12+/m0/s1. The van der Waals surface area contributed by atoms with Gasteiger partial charge in [-0.05, 0) is 12.1 Å². The van der Waals surface area contributed by atoms with E-state index in [-0.39, 0.29) is 24.8 Å². The van der Waals surface area contributed by atoms with Gasteiger partial charge in [-0.2, -0.15) is 0 Å². The zero-order valence-electron chi connectivity index (χ0n) is 13.2. The van der Waals surface area contributed by atoms with Crippen LogP contribution in [-0.2, 0) is 9.59 Å². The number of fused-ring (bicyclic) bond motifs is 1. The monoisotopic (exact) mass is 332 g/mol. The molecule has 2 aliphatic heterocycles. The Labute approximate surface area is 139 Å². The Bertz CT molecular complexity index is 660. The van der Waals surface area contributed by atoms with Crippen LogP contribution in [0.1, 0.15) is 6.42 Å². The van der Waals surface area contributed by atoms with Crippen LogP contribution in [0.4, 0.5) is 5.69 Å². The number of anilines is 1. The zero-order chi connectivity index (χ0) is 17.1. The average molecular weight is 332 g/mol. The molecule has 7 heteroatoms. The molecule has 0 aliphatic carbocycles. The number of amides is 2. The molecule has 0 spiro atoms. The Balaban J connectivity index is 1.71. The van der Waals surface area contributed by atoms with Gasteiger partial charge in [0.2, 0.25) is 11.8 Å². The molecular weight excluding hydrogens is 312 g/mol. The highest BCUT2D eigenvalue weighted by Gasteiger charge is 2.36. The first-order valence-corrected chi connectivity index (χ1v) is 7.86. The topological polar surface area (TPSA) is 88.1 Å². The lowest BCUT2D eigenvalue weighted by atomic mass is 10.1. The fraction of sp³-hybridized carbons (Fsp3) is 0.412. The van der Waals surface area contributed by atoms with Crippen molar-refractivity contribution in [2.75, 3.05) is 31.3 Å². The number of nitrogens with one attached hydrogen (secondary N) is 1. The van der Waals surface area contributed by atoms with E-state index in [1.165, 1.54) is 6.08 Å². The molecule has 128 valence electrons. The number of carbonyl (C=O) groups excluding carboxylic acids is 2. The number of hydrogen-bond donors (Lipinski definition) is 2. The molecule has 1 aromatic rings. The van der Waals surface area contributed by atoms with Gasteiger partial charge in [-0.25, -0.2) is 0 Å². The number of aliphatic hydroxyl groups is 1. The SMILES string of the molecule is C=C[C@H](CO)NC(=O)[C@H]1CC(=O)N(c2ccc3c(c2)OCCO3)C1. The van der Waals surface area contributed by atoms with Crippen molar-refractivity contribution >= 4 is 17.5 Å². The van der Waals surface area contributed by atoms with E-state index in [4.69, 9.17) is 14.6 Å². The van der Waals surface area contributed by atoms with Crippen LogP contribution in [0.5, 0.6) is 11.5 Å². The van der Waals surface area contributed by atoms with E-state index < -0.39 is 12.0 Å². The Morgan fingerprint density at radius 2 is 2.17 bits per heavy atom. The van der Waals surface area contributed by atoms with Crippen LogP contribution in [0.25, 0.3) is 0 Å². The molecule has 2 aliphatic rings. The summed E-state index contributed by atoms with van der Waals surface area (Å²) < 4.78 is 11.0. The van der Waals surface area contributed by atoms with Crippen LogP contribution in [-0.4, -0.2) is 49.3 Å². The summed E-state index contributed by atoms with van der Waals surface area (Å²) in [6.07, 6.45) is 1.60.